The number of imidazole rings is 1. The van der Waals surface area contributed by atoms with E-state index in [1.165, 1.54) is 11.3 Å². The van der Waals surface area contributed by atoms with Crippen LogP contribution in [0, 0.1) is 0 Å². The molecule has 2 N–H and O–H groups in total. The van der Waals surface area contributed by atoms with E-state index in [9.17, 15) is 4.79 Å². The second-order valence-electron chi connectivity index (χ2n) is 6.54. The zero-order valence-electron chi connectivity index (χ0n) is 14.8. The van der Waals surface area contributed by atoms with Gasteiger partial charge in [-0.25, -0.2) is 4.98 Å². The quantitative estimate of drug-likeness (QED) is 0.400. The van der Waals surface area contributed by atoms with Crippen LogP contribution in [0.5, 0.6) is 0 Å². The fourth-order valence-electron chi connectivity index (χ4n) is 3.15. The van der Waals surface area contributed by atoms with E-state index in [2.05, 4.69) is 15.3 Å². The number of aromatic amines is 1. The summed E-state index contributed by atoms with van der Waals surface area (Å²) in [7, 11) is 0. The fourth-order valence-corrected chi connectivity index (χ4v) is 4.43. The molecule has 0 aliphatic heterocycles. The molecule has 0 spiro atoms. The molecular weight excluding hydrogens is 378 g/mol. The van der Waals surface area contributed by atoms with Crippen LogP contribution in [-0.2, 0) is 6.42 Å². The average Bonchev–Trinajstić information content (AvgIpc) is 3.29. The third kappa shape index (κ3) is 4.15. The van der Waals surface area contributed by atoms with Crippen LogP contribution in [0.25, 0.3) is 21.1 Å². The highest BCUT2D eigenvalue weighted by atomic mass is 35.5. The number of thiophene rings is 1. The summed E-state index contributed by atoms with van der Waals surface area (Å²) in [5, 5.41) is 4.72. The number of unbranched alkanes of at least 4 members (excludes halogenated alkanes) is 2. The Hall–Kier alpha value is -2.37. The maximum absolute atomic E-state index is 12.3. The number of aryl methyl sites for hydroxylation is 1. The summed E-state index contributed by atoms with van der Waals surface area (Å²) in [6.07, 6.45) is 3.98. The van der Waals surface area contributed by atoms with Crippen molar-refractivity contribution in [1.29, 1.82) is 0 Å². The molecule has 0 radical (unpaired) electrons. The van der Waals surface area contributed by atoms with E-state index in [-0.39, 0.29) is 5.91 Å². The Morgan fingerprint density at radius 2 is 2.00 bits per heavy atom. The first-order valence-corrected chi connectivity index (χ1v) is 10.3. The first-order valence-electron chi connectivity index (χ1n) is 9.10. The topological polar surface area (TPSA) is 57.8 Å². The minimum Gasteiger partial charge on any atom is -0.351 e. The molecule has 2 aromatic carbocycles. The maximum atomic E-state index is 12.3. The van der Waals surface area contributed by atoms with E-state index in [1.54, 1.807) is 0 Å². The molecule has 138 valence electrons. The summed E-state index contributed by atoms with van der Waals surface area (Å²) in [5.41, 5.74) is 2.10. The molecule has 0 saturated carbocycles. The Bertz CT molecular complexity index is 1050. The van der Waals surface area contributed by atoms with Crippen molar-refractivity contribution in [1.82, 2.24) is 15.3 Å². The molecule has 0 aliphatic carbocycles. The van der Waals surface area contributed by atoms with Gasteiger partial charge >= 0.3 is 0 Å². The van der Waals surface area contributed by atoms with E-state index in [0.717, 1.165) is 52.6 Å². The SMILES string of the molecule is O=C(NCCCCCc1nc2ccccc2[nH]1)c1cc2cccc(Cl)c2s1. The largest absolute Gasteiger partial charge is 0.351 e. The van der Waals surface area contributed by atoms with Crippen LogP contribution in [0.4, 0.5) is 0 Å². The number of carbonyl (C=O) groups is 1. The standard InChI is InChI=1S/C21H20ClN3OS/c22-15-8-6-7-14-13-18(27-20(14)15)21(26)23-12-5-1-2-11-19-24-16-9-3-4-10-17(16)25-19/h3-4,6-10,13H,1-2,5,11-12H2,(H,23,26)(H,24,25). The Labute approximate surface area is 166 Å². The van der Waals surface area contributed by atoms with Gasteiger partial charge in [-0.05, 0) is 42.5 Å². The van der Waals surface area contributed by atoms with Gasteiger partial charge < -0.3 is 10.3 Å². The average molecular weight is 398 g/mol. The van der Waals surface area contributed by atoms with Gasteiger partial charge in [0.2, 0.25) is 0 Å². The Morgan fingerprint density at radius 3 is 2.85 bits per heavy atom. The van der Waals surface area contributed by atoms with Gasteiger partial charge in [0.25, 0.3) is 5.91 Å². The molecular formula is C21H20ClN3OS. The number of para-hydroxylation sites is 2. The number of nitrogens with one attached hydrogen (secondary N) is 2. The second-order valence-corrected chi connectivity index (χ2v) is 8.00. The lowest BCUT2D eigenvalue weighted by Gasteiger charge is -2.03. The van der Waals surface area contributed by atoms with Crippen LogP contribution in [0.15, 0.2) is 48.5 Å². The van der Waals surface area contributed by atoms with Crippen molar-refractivity contribution in [3.8, 4) is 0 Å². The monoisotopic (exact) mass is 397 g/mol. The normalized spacial score (nSPS) is 11.3. The molecule has 2 heterocycles. The lowest BCUT2D eigenvalue weighted by atomic mass is 10.2. The van der Waals surface area contributed by atoms with Gasteiger partial charge in [-0.3, -0.25) is 4.79 Å². The van der Waals surface area contributed by atoms with Crippen LogP contribution in [0.1, 0.15) is 34.8 Å². The van der Waals surface area contributed by atoms with E-state index in [0.29, 0.717) is 16.4 Å². The summed E-state index contributed by atoms with van der Waals surface area (Å²) in [6.45, 7) is 0.681. The fraction of sp³-hybridized carbons (Fsp3) is 0.238. The predicted octanol–water partition coefficient (Wildman–Crippen LogP) is 5.57. The number of H-pyrrole nitrogens is 1. The molecule has 4 nitrogen and oxygen atoms in total. The van der Waals surface area contributed by atoms with Crippen molar-refractivity contribution in [2.45, 2.75) is 25.7 Å². The number of nitrogens with zero attached hydrogens (tertiary/aromatic N) is 1. The van der Waals surface area contributed by atoms with Gasteiger partial charge in [0.15, 0.2) is 0 Å². The Balaban J connectivity index is 1.21. The summed E-state index contributed by atoms with van der Waals surface area (Å²) >= 11 is 7.63. The van der Waals surface area contributed by atoms with Crippen molar-refractivity contribution in [3.05, 3.63) is 64.3 Å². The summed E-state index contributed by atoms with van der Waals surface area (Å²) in [6, 6.07) is 15.7. The molecule has 27 heavy (non-hydrogen) atoms. The van der Waals surface area contributed by atoms with E-state index < -0.39 is 0 Å². The summed E-state index contributed by atoms with van der Waals surface area (Å²) in [5.74, 6) is 1.01. The molecule has 0 aliphatic rings. The highest BCUT2D eigenvalue weighted by Gasteiger charge is 2.11. The number of hydrogen-bond donors (Lipinski definition) is 2. The highest BCUT2D eigenvalue weighted by Crippen LogP contribution is 2.31. The minimum absolute atomic E-state index is 0.0236. The van der Waals surface area contributed by atoms with E-state index in [4.69, 9.17) is 11.6 Å². The van der Waals surface area contributed by atoms with Gasteiger partial charge in [-0.1, -0.05) is 42.3 Å². The minimum atomic E-state index is -0.0236. The number of benzene rings is 2. The van der Waals surface area contributed by atoms with Crippen LogP contribution in [-0.4, -0.2) is 22.4 Å². The van der Waals surface area contributed by atoms with Crippen molar-refractivity contribution in [2.75, 3.05) is 6.54 Å². The highest BCUT2D eigenvalue weighted by molar-refractivity contribution is 7.21. The number of hydrogen-bond acceptors (Lipinski definition) is 3. The molecule has 0 saturated heterocycles. The number of rotatable bonds is 7. The molecule has 0 bridgehead atoms. The van der Waals surface area contributed by atoms with Crippen LogP contribution >= 0.6 is 22.9 Å². The van der Waals surface area contributed by atoms with E-state index in [1.807, 2.05) is 48.5 Å². The Kier molecular flexibility index (Phi) is 5.41. The maximum Gasteiger partial charge on any atom is 0.261 e. The van der Waals surface area contributed by atoms with Gasteiger partial charge in [0.1, 0.15) is 5.82 Å². The van der Waals surface area contributed by atoms with Crippen LogP contribution in [0.2, 0.25) is 5.02 Å². The lowest BCUT2D eigenvalue weighted by Crippen LogP contribution is -2.23. The van der Waals surface area contributed by atoms with Gasteiger partial charge in [-0.15, -0.1) is 11.3 Å². The molecule has 0 fully saturated rings. The lowest BCUT2D eigenvalue weighted by molar-refractivity contribution is 0.0957. The third-order valence-corrected chi connectivity index (χ3v) is 6.14. The third-order valence-electron chi connectivity index (χ3n) is 4.53. The van der Waals surface area contributed by atoms with Crippen LogP contribution in [0.3, 0.4) is 0 Å². The number of fused-ring (bicyclic) bond motifs is 2. The predicted molar refractivity (Wildman–Crippen MR) is 113 cm³/mol. The molecule has 4 aromatic rings. The van der Waals surface area contributed by atoms with Gasteiger partial charge in [-0.2, -0.15) is 0 Å². The number of halogens is 1. The Morgan fingerprint density at radius 1 is 1.11 bits per heavy atom. The molecule has 6 heteroatoms. The molecule has 1 amide bonds. The van der Waals surface area contributed by atoms with Crippen molar-refractivity contribution >= 4 is 50.0 Å². The zero-order valence-corrected chi connectivity index (χ0v) is 16.4. The number of amides is 1. The van der Waals surface area contributed by atoms with Gasteiger partial charge in [0.05, 0.1) is 25.6 Å². The molecule has 0 atom stereocenters. The first-order chi connectivity index (χ1) is 13.2. The smallest absolute Gasteiger partial charge is 0.261 e. The molecule has 0 unspecified atom stereocenters. The van der Waals surface area contributed by atoms with Crippen LogP contribution < -0.4 is 5.32 Å². The van der Waals surface area contributed by atoms with Gasteiger partial charge in [0, 0.05) is 13.0 Å². The summed E-state index contributed by atoms with van der Waals surface area (Å²) < 4.78 is 0.968. The van der Waals surface area contributed by atoms with Crippen molar-refractivity contribution in [2.24, 2.45) is 0 Å². The van der Waals surface area contributed by atoms with Crippen molar-refractivity contribution < 1.29 is 4.79 Å². The second kappa shape index (κ2) is 8.11. The number of carbonyl (C=O) groups excluding carboxylic acids is 1. The molecule has 4 rings (SSSR count). The summed E-state index contributed by atoms with van der Waals surface area (Å²) in [4.78, 5) is 21.0. The molecule has 2 aromatic heterocycles. The van der Waals surface area contributed by atoms with Crippen molar-refractivity contribution in [3.63, 3.8) is 0 Å². The first kappa shape index (κ1) is 18.0. The zero-order chi connectivity index (χ0) is 18.6. The number of aromatic nitrogens is 2. The van der Waals surface area contributed by atoms with E-state index >= 15 is 0 Å².